The van der Waals surface area contributed by atoms with E-state index in [1.54, 1.807) is 0 Å². The highest BCUT2D eigenvalue weighted by Crippen LogP contribution is 2.16. The highest BCUT2D eigenvalue weighted by atomic mass is 35.5. The maximum Gasteiger partial charge on any atom is 0.297 e. The Morgan fingerprint density at radius 3 is 2.90 bits per heavy atom. The van der Waals surface area contributed by atoms with E-state index in [2.05, 4.69) is 4.98 Å². The number of hydrogen-bond acceptors (Lipinski definition) is 4. The summed E-state index contributed by atoms with van der Waals surface area (Å²) in [6.45, 7) is -0.0308. The topological polar surface area (TPSA) is 67.9 Å². The molecule has 1 aromatic heterocycles. The van der Waals surface area contributed by atoms with Crippen LogP contribution < -0.4 is 10.3 Å². The lowest BCUT2D eigenvalue weighted by atomic mass is 10.1. The van der Waals surface area contributed by atoms with Crippen LogP contribution in [0.15, 0.2) is 29.3 Å². The van der Waals surface area contributed by atoms with Crippen molar-refractivity contribution in [1.82, 2.24) is 9.55 Å². The third-order valence-electron chi connectivity index (χ3n) is 2.68. The van der Waals surface area contributed by atoms with Crippen LogP contribution in [0.5, 0.6) is 5.75 Å². The molecule has 0 radical (unpaired) electrons. The van der Waals surface area contributed by atoms with Crippen LogP contribution >= 0.6 is 11.6 Å². The Balaban J connectivity index is 2.41. The van der Waals surface area contributed by atoms with Gasteiger partial charge in [0, 0.05) is 5.56 Å². The van der Waals surface area contributed by atoms with Crippen molar-refractivity contribution in [3.8, 4) is 11.8 Å². The number of benzene rings is 1. The summed E-state index contributed by atoms with van der Waals surface area (Å²) >= 11 is 5.72. The van der Waals surface area contributed by atoms with Gasteiger partial charge in [-0.05, 0) is 12.1 Å². The Morgan fingerprint density at radius 2 is 2.30 bits per heavy atom. The van der Waals surface area contributed by atoms with Gasteiger partial charge in [0.2, 0.25) is 5.75 Å². The molecule has 0 spiro atoms. The maximum atomic E-state index is 13.8. The molecule has 0 aliphatic rings. The number of nitriles is 1. The molecule has 2 aromatic rings. The summed E-state index contributed by atoms with van der Waals surface area (Å²) in [5.41, 5.74) is -0.0288. The van der Waals surface area contributed by atoms with Gasteiger partial charge in [0.25, 0.3) is 5.56 Å². The van der Waals surface area contributed by atoms with Crippen molar-refractivity contribution in [2.45, 2.75) is 6.54 Å². The number of ether oxygens (including phenoxy) is 1. The van der Waals surface area contributed by atoms with Crippen molar-refractivity contribution >= 4 is 11.6 Å². The van der Waals surface area contributed by atoms with E-state index in [1.165, 1.54) is 30.1 Å². The van der Waals surface area contributed by atoms with Crippen molar-refractivity contribution in [3.05, 3.63) is 57.0 Å². The van der Waals surface area contributed by atoms with Crippen LogP contribution in [0.1, 0.15) is 11.1 Å². The van der Waals surface area contributed by atoms with Crippen molar-refractivity contribution in [1.29, 1.82) is 5.26 Å². The molecule has 0 N–H and O–H groups in total. The number of aromatic nitrogens is 2. The normalized spacial score (nSPS) is 10.1. The highest BCUT2D eigenvalue weighted by molar-refractivity contribution is 6.30. The van der Waals surface area contributed by atoms with Crippen molar-refractivity contribution in [3.63, 3.8) is 0 Å². The molecule has 0 aliphatic carbocycles. The first kappa shape index (κ1) is 14.0. The molecule has 2 rings (SSSR count). The van der Waals surface area contributed by atoms with Crippen LogP contribution in [0.25, 0.3) is 0 Å². The zero-order valence-electron chi connectivity index (χ0n) is 10.4. The van der Waals surface area contributed by atoms with Gasteiger partial charge in [-0.15, -0.1) is 0 Å². The van der Waals surface area contributed by atoms with Crippen LogP contribution in [0, 0.1) is 17.1 Å². The molecule has 0 bridgehead atoms. The molecule has 5 nitrogen and oxygen atoms in total. The van der Waals surface area contributed by atoms with Crippen LogP contribution in [0.2, 0.25) is 5.15 Å². The number of halogens is 2. The molecule has 7 heteroatoms. The summed E-state index contributed by atoms with van der Waals surface area (Å²) in [7, 11) is 1.30. The van der Waals surface area contributed by atoms with E-state index in [0.29, 0.717) is 0 Å². The fourth-order valence-corrected chi connectivity index (χ4v) is 1.86. The minimum Gasteiger partial charge on any atom is -0.489 e. The quantitative estimate of drug-likeness (QED) is 0.811. The minimum atomic E-state index is -0.565. The SMILES string of the molecule is COc1c(Cl)ncn(Cc2ccc(C#N)cc2F)c1=O. The standard InChI is InChI=1S/C13H9ClFN3O2/c1-20-11-12(14)17-7-18(13(11)19)6-9-3-2-8(5-16)4-10(9)15/h2-4,7H,6H2,1H3. The number of nitrogens with zero attached hydrogens (tertiary/aromatic N) is 3. The van der Waals surface area contributed by atoms with E-state index in [-0.39, 0.29) is 28.6 Å². The minimum absolute atomic E-state index is 0.0308. The summed E-state index contributed by atoms with van der Waals surface area (Å²) in [6, 6.07) is 5.87. The number of rotatable bonds is 3. The second-order valence-electron chi connectivity index (χ2n) is 3.92. The fourth-order valence-electron chi connectivity index (χ4n) is 1.66. The van der Waals surface area contributed by atoms with Gasteiger partial charge in [-0.3, -0.25) is 9.36 Å². The Labute approximate surface area is 118 Å². The van der Waals surface area contributed by atoms with Crippen LogP contribution in [-0.2, 0) is 6.54 Å². The van der Waals surface area contributed by atoms with Gasteiger partial charge in [-0.1, -0.05) is 17.7 Å². The van der Waals surface area contributed by atoms with Gasteiger partial charge in [0.1, 0.15) is 5.82 Å². The van der Waals surface area contributed by atoms with Crippen LogP contribution in [0.3, 0.4) is 0 Å². The maximum absolute atomic E-state index is 13.8. The van der Waals surface area contributed by atoms with Gasteiger partial charge in [-0.25, -0.2) is 9.37 Å². The average Bonchev–Trinajstić information content (AvgIpc) is 2.44. The molecule has 0 aliphatic heterocycles. The summed E-state index contributed by atoms with van der Waals surface area (Å²) in [5, 5.41) is 8.63. The van der Waals surface area contributed by atoms with E-state index >= 15 is 0 Å². The molecule has 0 saturated carbocycles. The lowest BCUT2D eigenvalue weighted by Crippen LogP contribution is -2.23. The molecule has 0 amide bonds. The zero-order valence-corrected chi connectivity index (χ0v) is 11.2. The lowest BCUT2D eigenvalue weighted by molar-refractivity contribution is 0.400. The third-order valence-corrected chi connectivity index (χ3v) is 2.95. The molecule has 0 fully saturated rings. The largest absolute Gasteiger partial charge is 0.489 e. The van der Waals surface area contributed by atoms with Gasteiger partial charge < -0.3 is 4.74 Å². The molecule has 1 aromatic carbocycles. The van der Waals surface area contributed by atoms with Gasteiger partial charge in [-0.2, -0.15) is 5.26 Å². The smallest absolute Gasteiger partial charge is 0.297 e. The predicted molar refractivity (Wildman–Crippen MR) is 70.3 cm³/mol. The molecule has 102 valence electrons. The first-order valence-corrected chi connectivity index (χ1v) is 5.92. The zero-order chi connectivity index (χ0) is 14.7. The second-order valence-corrected chi connectivity index (χ2v) is 4.28. The summed E-state index contributed by atoms with van der Waals surface area (Å²) in [5.74, 6) is -0.659. The summed E-state index contributed by atoms with van der Waals surface area (Å²) in [6.07, 6.45) is 1.21. The molecule has 0 saturated heterocycles. The predicted octanol–water partition coefficient (Wildman–Crippen LogP) is 1.96. The molecule has 20 heavy (non-hydrogen) atoms. The highest BCUT2D eigenvalue weighted by Gasteiger charge is 2.12. The first-order chi connectivity index (χ1) is 9.56. The Morgan fingerprint density at radius 1 is 1.55 bits per heavy atom. The van der Waals surface area contributed by atoms with Crippen molar-refractivity contribution < 1.29 is 9.13 Å². The number of methoxy groups -OCH3 is 1. The van der Waals surface area contributed by atoms with Gasteiger partial charge in [0.05, 0.1) is 31.6 Å². The lowest BCUT2D eigenvalue weighted by Gasteiger charge is -2.09. The van der Waals surface area contributed by atoms with Gasteiger partial charge >= 0.3 is 0 Å². The second kappa shape index (κ2) is 5.72. The van der Waals surface area contributed by atoms with E-state index in [0.717, 1.165) is 6.07 Å². The third kappa shape index (κ3) is 2.63. The molecule has 0 atom stereocenters. The van der Waals surface area contributed by atoms with E-state index in [4.69, 9.17) is 21.6 Å². The van der Waals surface area contributed by atoms with E-state index in [1.807, 2.05) is 6.07 Å². The molecular weight excluding hydrogens is 285 g/mol. The fraction of sp³-hybridized carbons (Fsp3) is 0.154. The molecule has 1 heterocycles. The Bertz CT molecular complexity index is 752. The monoisotopic (exact) mass is 293 g/mol. The molecular formula is C13H9ClFN3O2. The summed E-state index contributed by atoms with van der Waals surface area (Å²) in [4.78, 5) is 15.8. The van der Waals surface area contributed by atoms with Crippen molar-refractivity contribution in [2.24, 2.45) is 0 Å². The van der Waals surface area contributed by atoms with Crippen LogP contribution in [0.4, 0.5) is 4.39 Å². The van der Waals surface area contributed by atoms with Crippen LogP contribution in [-0.4, -0.2) is 16.7 Å². The van der Waals surface area contributed by atoms with E-state index in [9.17, 15) is 9.18 Å². The van der Waals surface area contributed by atoms with E-state index < -0.39 is 11.4 Å². The molecule has 0 unspecified atom stereocenters. The Hall–Kier alpha value is -2.39. The Kier molecular flexibility index (Phi) is 4.01. The average molecular weight is 294 g/mol. The van der Waals surface area contributed by atoms with Gasteiger partial charge in [0.15, 0.2) is 5.15 Å². The summed E-state index contributed by atoms with van der Waals surface area (Å²) < 4.78 is 19.8. The number of hydrogen-bond donors (Lipinski definition) is 0. The van der Waals surface area contributed by atoms with Crippen molar-refractivity contribution in [2.75, 3.05) is 7.11 Å². The first-order valence-electron chi connectivity index (χ1n) is 5.54.